The average Bonchev–Trinajstić information content (AvgIpc) is 2.78. The van der Waals surface area contributed by atoms with Gasteiger partial charge in [0.05, 0.1) is 18.6 Å². The summed E-state index contributed by atoms with van der Waals surface area (Å²) in [6.45, 7) is 1.33. The van der Waals surface area contributed by atoms with Crippen molar-refractivity contribution in [3.63, 3.8) is 0 Å². The van der Waals surface area contributed by atoms with Crippen molar-refractivity contribution in [1.82, 2.24) is 10.2 Å². The van der Waals surface area contributed by atoms with E-state index in [0.717, 1.165) is 32.1 Å². The topological polar surface area (TPSA) is 58.6 Å². The number of rotatable bonds is 4. The number of nitrogens with one attached hydrogen (secondary N) is 1. The van der Waals surface area contributed by atoms with Crippen LogP contribution in [0.1, 0.15) is 53.1 Å². The number of methoxy groups -OCH3 is 1. The smallest absolute Gasteiger partial charge is 0.255 e. The molecule has 1 aliphatic heterocycles. The van der Waals surface area contributed by atoms with Gasteiger partial charge in [-0.2, -0.15) is 0 Å². The quantitative estimate of drug-likeness (QED) is 0.797. The van der Waals surface area contributed by atoms with Crippen molar-refractivity contribution in [2.24, 2.45) is 0 Å². The summed E-state index contributed by atoms with van der Waals surface area (Å²) < 4.78 is 5.28. The number of carbonyl (C=O) groups excluding carboxylic acids is 2. The summed E-state index contributed by atoms with van der Waals surface area (Å²) in [5.74, 6) is 0.490. The van der Waals surface area contributed by atoms with Gasteiger partial charge in [-0.25, -0.2) is 0 Å². The summed E-state index contributed by atoms with van der Waals surface area (Å²) in [7, 11) is 1.52. The van der Waals surface area contributed by atoms with Gasteiger partial charge < -0.3 is 15.0 Å². The summed E-state index contributed by atoms with van der Waals surface area (Å²) in [5, 5.41) is 3.61. The van der Waals surface area contributed by atoms with E-state index in [9.17, 15) is 9.59 Å². The molecule has 1 fully saturated rings. The number of benzene rings is 2. The number of amides is 2. The first-order valence-corrected chi connectivity index (χ1v) is 11.0. The fraction of sp³-hybridized carbons (Fsp3) is 0.417. The second kappa shape index (κ2) is 9.09. The summed E-state index contributed by atoms with van der Waals surface area (Å²) in [6.07, 6.45) is 4.54. The molecule has 5 nitrogen and oxygen atoms in total. The van der Waals surface area contributed by atoms with E-state index in [4.69, 9.17) is 16.3 Å². The molecule has 0 unspecified atom stereocenters. The molecule has 2 aliphatic rings. The molecule has 2 aromatic carbocycles. The number of halogens is 1. The Morgan fingerprint density at radius 1 is 1.10 bits per heavy atom. The number of carbonyl (C=O) groups is 2. The van der Waals surface area contributed by atoms with E-state index in [-0.39, 0.29) is 23.8 Å². The molecule has 6 heteroatoms. The molecule has 2 aromatic rings. The lowest BCUT2D eigenvalue weighted by Crippen LogP contribution is -2.48. The van der Waals surface area contributed by atoms with Crippen molar-refractivity contribution >= 4 is 23.4 Å². The van der Waals surface area contributed by atoms with Crippen molar-refractivity contribution in [2.75, 3.05) is 20.2 Å². The van der Waals surface area contributed by atoms with Crippen LogP contribution in [-0.2, 0) is 11.2 Å². The van der Waals surface area contributed by atoms with Crippen LogP contribution in [0.25, 0.3) is 0 Å². The Morgan fingerprint density at radius 3 is 2.63 bits per heavy atom. The van der Waals surface area contributed by atoms with E-state index in [1.165, 1.54) is 18.2 Å². The maximum atomic E-state index is 13.2. The number of aryl methyl sites for hydroxylation is 1. The minimum absolute atomic E-state index is 0.0283. The zero-order chi connectivity index (χ0) is 21.1. The molecule has 1 heterocycles. The van der Waals surface area contributed by atoms with Crippen LogP contribution >= 0.6 is 11.6 Å². The molecule has 0 saturated carbocycles. The Kier molecular flexibility index (Phi) is 6.28. The van der Waals surface area contributed by atoms with Gasteiger partial charge in [-0.1, -0.05) is 35.9 Å². The Bertz CT molecular complexity index is 938. The van der Waals surface area contributed by atoms with Gasteiger partial charge in [0.25, 0.3) is 5.91 Å². The first kappa shape index (κ1) is 20.7. The molecule has 0 radical (unpaired) electrons. The molecular weight excluding hydrogens is 400 g/mol. The predicted octanol–water partition coefficient (Wildman–Crippen LogP) is 4.19. The Balaban J connectivity index is 1.35. The highest BCUT2D eigenvalue weighted by Gasteiger charge is 2.32. The zero-order valence-corrected chi connectivity index (χ0v) is 18.0. The molecule has 30 heavy (non-hydrogen) atoms. The molecule has 0 spiro atoms. The largest absolute Gasteiger partial charge is 0.496 e. The van der Waals surface area contributed by atoms with Crippen LogP contribution in [0.15, 0.2) is 42.5 Å². The van der Waals surface area contributed by atoms with Gasteiger partial charge in [0, 0.05) is 24.2 Å². The van der Waals surface area contributed by atoms with Crippen LogP contribution in [0.4, 0.5) is 0 Å². The predicted molar refractivity (Wildman–Crippen MR) is 117 cm³/mol. The number of hydrogen-bond donors (Lipinski definition) is 1. The number of piperidine rings is 1. The summed E-state index contributed by atoms with van der Waals surface area (Å²) in [4.78, 5) is 27.9. The van der Waals surface area contributed by atoms with Crippen molar-refractivity contribution in [1.29, 1.82) is 0 Å². The summed E-state index contributed by atoms with van der Waals surface area (Å²) in [6, 6.07) is 13.4. The van der Waals surface area contributed by atoms with Gasteiger partial charge in [-0.3, -0.25) is 9.59 Å². The van der Waals surface area contributed by atoms with Crippen LogP contribution in [0.3, 0.4) is 0 Å². The van der Waals surface area contributed by atoms with E-state index in [1.54, 1.807) is 18.2 Å². The van der Waals surface area contributed by atoms with Crippen molar-refractivity contribution in [3.8, 4) is 5.75 Å². The number of ether oxygens (including phenoxy) is 1. The van der Waals surface area contributed by atoms with E-state index < -0.39 is 0 Å². The van der Waals surface area contributed by atoms with Crippen LogP contribution < -0.4 is 10.1 Å². The van der Waals surface area contributed by atoms with Crippen LogP contribution in [0.2, 0.25) is 5.02 Å². The number of likely N-dealkylation sites (tertiary alicyclic amines) is 1. The van der Waals surface area contributed by atoms with E-state index in [2.05, 4.69) is 23.5 Å². The van der Waals surface area contributed by atoms with Gasteiger partial charge >= 0.3 is 0 Å². The maximum absolute atomic E-state index is 13.2. The van der Waals surface area contributed by atoms with Crippen molar-refractivity contribution in [2.45, 2.75) is 44.1 Å². The number of fused-ring (bicyclic) bond motifs is 1. The normalized spacial score (nSPS) is 19.1. The van der Waals surface area contributed by atoms with Crippen LogP contribution in [0, 0.1) is 0 Å². The SMILES string of the molecule is COc1cc(Cl)ccc1C(=O)NC1CCN(C(=O)[C@@H]2CCCc3ccccc32)CC1. The Hall–Kier alpha value is -2.53. The molecule has 1 saturated heterocycles. The standard InChI is InChI=1S/C24H27ClN2O3/c1-30-22-15-17(25)9-10-21(22)23(28)26-18-11-13-27(14-12-18)24(29)20-8-4-6-16-5-2-3-7-19(16)20/h2-3,5,7,9-10,15,18,20H,4,6,8,11-14H2,1H3,(H,26,28)/t20-/m1/s1. The molecule has 1 aliphatic carbocycles. The first-order chi connectivity index (χ1) is 14.6. The third-order valence-electron chi connectivity index (χ3n) is 6.22. The van der Waals surface area contributed by atoms with Gasteiger partial charge in [0.1, 0.15) is 5.75 Å². The molecule has 158 valence electrons. The van der Waals surface area contributed by atoms with Gasteiger partial charge in [-0.05, 0) is 61.4 Å². The minimum Gasteiger partial charge on any atom is -0.496 e. The molecular formula is C24H27ClN2O3. The molecule has 4 rings (SSSR count). The van der Waals surface area contributed by atoms with Crippen LogP contribution in [0.5, 0.6) is 5.75 Å². The highest BCUT2D eigenvalue weighted by molar-refractivity contribution is 6.30. The maximum Gasteiger partial charge on any atom is 0.255 e. The Labute approximate surface area is 182 Å². The monoisotopic (exact) mass is 426 g/mol. The third-order valence-corrected chi connectivity index (χ3v) is 6.45. The Morgan fingerprint density at radius 2 is 1.87 bits per heavy atom. The third kappa shape index (κ3) is 4.31. The highest BCUT2D eigenvalue weighted by Crippen LogP contribution is 2.33. The van der Waals surface area contributed by atoms with E-state index in [1.807, 2.05) is 11.0 Å². The minimum atomic E-state index is -0.172. The highest BCUT2D eigenvalue weighted by atomic mass is 35.5. The van der Waals surface area contributed by atoms with Gasteiger partial charge in [-0.15, -0.1) is 0 Å². The zero-order valence-electron chi connectivity index (χ0n) is 17.2. The molecule has 0 aromatic heterocycles. The fourth-order valence-electron chi connectivity index (χ4n) is 4.59. The molecule has 1 atom stereocenters. The number of nitrogens with zero attached hydrogens (tertiary/aromatic N) is 1. The van der Waals surface area contributed by atoms with E-state index in [0.29, 0.717) is 29.4 Å². The summed E-state index contributed by atoms with van der Waals surface area (Å²) >= 11 is 5.98. The lowest BCUT2D eigenvalue weighted by Gasteiger charge is -2.36. The van der Waals surface area contributed by atoms with Crippen LogP contribution in [-0.4, -0.2) is 43.0 Å². The van der Waals surface area contributed by atoms with Gasteiger partial charge in [0.15, 0.2) is 0 Å². The molecule has 1 N–H and O–H groups in total. The lowest BCUT2D eigenvalue weighted by atomic mass is 9.82. The molecule has 2 amide bonds. The molecule has 0 bridgehead atoms. The average molecular weight is 427 g/mol. The van der Waals surface area contributed by atoms with Gasteiger partial charge in [0.2, 0.25) is 5.91 Å². The van der Waals surface area contributed by atoms with Crippen molar-refractivity contribution in [3.05, 3.63) is 64.2 Å². The fourth-order valence-corrected chi connectivity index (χ4v) is 4.75. The number of hydrogen-bond acceptors (Lipinski definition) is 3. The summed E-state index contributed by atoms with van der Waals surface area (Å²) in [5.41, 5.74) is 2.97. The lowest BCUT2D eigenvalue weighted by molar-refractivity contribution is -0.134. The van der Waals surface area contributed by atoms with Crippen molar-refractivity contribution < 1.29 is 14.3 Å². The van der Waals surface area contributed by atoms with E-state index >= 15 is 0 Å². The second-order valence-corrected chi connectivity index (χ2v) is 8.50. The second-order valence-electron chi connectivity index (χ2n) is 8.06. The first-order valence-electron chi connectivity index (χ1n) is 10.6.